The minimum Gasteiger partial charge on any atom is -0.480 e. The van der Waals surface area contributed by atoms with Crippen molar-refractivity contribution < 1.29 is 24.2 Å². The Morgan fingerprint density at radius 3 is 2.74 bits per heavy atom. The summed E-state index contributed by atoms with van der Waals surface area (Å²) in [6.45, 7) is 4.44. The smallest absolute Gasteiger partial charge is 0.328 e. The molecule has 7 heteroatoms. The predicted octanol–water partition coefficient (Wildman–Crippen LogP) is 0.343. The van der Waals surface area contributed by atoms with Crippen molar-refractivity contribution in [2.75, 3.05) is 20.3 Å². The standard InChI is InChI=1S/C12H22N2O5/c1-12(2)6-8(4-5-19-12)13-11(17)14-9(7-18-3)10(15)16/h8-9H,4-7H2,1-3H3,(H,15,16)(H2,13,14,17). The van der Waals surface area contributed by atoms with Gasteiger partial charge in [0.05, 0.1) is 12.2 Å². The van der Waals surface area contributed by atoms with Crippen LogP contribution in [0.25, 0.3) is 0 Å². The number of methoxy groups -OCH3 is 1. The molecule has 1 aliphatic heterocycles. The average Bonchev–Trinajstić information content (AvgIpc) is 2.26. The number of carboxylic acids is 1. The van der Waals surface area contributed by atoms with Crippen LogP contribution in [0.1, 0.15) is 26.7 Å². The van der Waals surface area contributed by atoms with Gasteiger partial charge in [-0.1, -0.05) is 0 Å². The van der Waals surface area contributed by atoms with Crippen LogP contribution in [0.4, 0.5) is 4.79 Å². The molecule has 19 heavy (non-hydrogen) atoms. The van der Waals surface area contributed by atoms with Gasteiger partial charge in [-0.05, 0) is 26.7 Å². The van der Waals surface area contributed by atoms with Crippen LogP contribution in [0, 0.1) is 0 Å². The fraction of sp³-hybridized carbons (Fsp3) is 0.833. The second kappa shape index (κ2) is 6.72. The summed E-state index contributed by atoms with van der Waals surface area (Å²) in [5.41, 5.74) is -0.269. The molecule has 2 unspecified atom stereocenters. The van der Waals surface area contributed by atoms with E-state index in [1.54, 1.807) is 0 Å². The molecule has 0 aromatic heterocycles. The number of rotatable bonds is 5. The zero-order valence-electron chi connectivity index (χ0n) is 11.6. The van der Waals surface area contributed by atoms with Crippen molar-refractivity contribution in [2.24, 2.45) is 0 Å². The van der Waals surface area contributed by atoms with Crippen LogP contribution in [0.5, 0.6) is 0 Å². The summed E-state index contributed by atoms with van der Waals surface area (Å²) in [5.74, 6) is -1.12. The zero-order chi connectivity index (χ0) is 14.5. The van der Waals surface area contributed by atoms with E-state index in [1.165, 1.54) is 7.11 Å². The van der Waals surface area contributed by atoms with Crippen molar-refractivity contribution in [1.82, 2.24) is 10.6 Å². The quantitative estimate of drug-likeness (QED) is 0.672. The summed E-state index contributed by atoms with van der Waals surface area (Å²) >= 11 is 0. The lowest BCUT2D eigenvalue weighted by Crippen LogP contribution is -2.53. The van der Waals surface area contributed by atoms with E-state index in [1.807, 2.05) is 13.8 Å². The molecule has 1 rings (SSSR count). The van der Waals surface area contributed by atoms with Gasteiger partial charge in [-0.25, -0.2) is 9.59 Å². The molecule has 0 aliphatic carbocycles. The lowest BCUT2D eigenvalue weighted by Gasteiger charge is -2.35. The molecule has 3 N–H and O–H groups in total. The Kier molecular flexibility index (Phi) is 5.56. The second-order valence-corrected chi connectivity index (χ2v) is 5.26. The summed E-state index contributed by atoms with van der Waals surface area (Å²) in [6.07, 6.45) is 1.42. The van der Waals surface area contributed by atoms with E-state index >= 15 is 0 Å². The van der Waals surface area contributed by atoms with E-state index in [0.29, 0.717) is 13.0 Å². The Bertz CT molecular complexity index is 332. The van der Waals surface area contributed by atoms with E-state index in [2.05, 4.69) is 10.6 Å². The van der Waals surface area contributed by atoms with Gasteiger partial charge in [0.15, 0.2) is 6.04 Å². The van der Waals surface area contributed by atoms with Crippen LogP contribution in [0.15, 0.2) is 0 Å². The lowest BCUT2D eigenvalue weighted by atomic mass is 9.94. The Hall–Kier alpha value is -1.34. The molecular formula is C12H22N2O5. The van der Waals surface area contributed by atoms with Crippen LogP contribution in [0.2, 0.25) is 0 Å². The number of urea groups is 1. The van der Waals surface area contributed by atoms with Crippen molar-refractivity contribution in [3.63, 3.8) is 0 Å². The Morgan fingerprint density at radius 1 is 1.53 bits per heavy atom. The summed E-state index contributed by atoms with van der Waals surface area (Å²) in [5, 5.41) is 14.0. The predicted molar refractivity (Wildman–Crippen MR) is 68.0 cm³/mol. The molecule has 0 saturated carbocycles. The van der Waals surface area contributed by atoms with E-state index < -0.39 is 18.0 Å². The van der Waals surface area contributed by atoms with E-state index in [9.17, 15) is 9.59 Å². The topological polar surface area (TPSA) is 96.9 Å². The maximum atomic E-state index is 11.7. The Balaban J connectivity index is 2.43. The van der Waals surface area contributed by atoms with Crippen molar-refractivity contribution >= 4 is 12.0 Å². The molecule has 0 aromatic carbocycles. The van der Waals surface area contributed by atoms with E-state index in [0.717, 1.165) is 6.42 Å². The molecular weight excluding hydrogens is 252 g/mol. The maximum absolute atomic E-state index is 11.7. The van der Waals surface area contributed by atoms with Crippen LogP contribution >= 0.6 is 0 Å². The third-order valence-corrected chi connectivity index (χ3v) is 2.97. The van der Waals surface area contributed by atoms with E-state index in [-0.39, 0.29) is 18.2 Å². The van der Waals surface area contributed by atoms with Crippen molar-refractivity contribution in [2.45, 2.75) is 44.4 Å². The number of aliphatic carboxylic acids is 1. The maximum Gasteiger partial charge on any atom is 0.328 e. The largest absolute Gasteiger partial charge is 0.480 e. The number of carboxylic acid groups (broad SMARTS) is 1. The van der Waals surface area contributed by atoms with E-state index in [4.69, 9.17) is 14.6 Å². The third kappa shape index (κ3) is 5.44. The van der Waals surface area contributed by atoms with Crippen LogP contribution < -0.4 is 10.6 Å². The number of hydrogen-bond acceptors (Lipinski definition) is 4. The molecule has 1 aliphatic rings. The van der Waals surface area contributed by atoms with Gasteiger partial charge < -0.3 is 25.2 Å². The van der Waals surface area contributed by atoms with Gasteiger partial charge in [0, 0.05) is 19.8 Å². The van der Waals surface area contributed by atoms with Crippen LogP contribution in [-0.2, 0) is 14.3 Å². The van der Waals surface area contributed by atoms with Crippen molar-refractivity contribution in [3.05, 3.63) is 0 Å². The molecule has 0 aromatic rings. The van der Waals surface area contributed by atoms with Crippen LogP contribution in [0.3, 0.4) is 0 Å². The SMILES string of the molecule is COCC(NC(=O)NC1CCOC(C)(C)C1)C(=O)O. The molecule has 1 heterocycles. The van der Waals surface area contributed by atoms with Gasteiger partial charge in [-0.2, -0.15) is 0 Å². The van der Waals surface area contributed by atoms with Gasteiger partial charge >= 0.3 is 12.0 Å². The highest BCUT2D eigenvalue weighted by molar-refractivity contribution is 5.82. The molecule has 0 spiro atoms. The number of carbonyl (C=O) groups is 2. The fourth-order valence-corrected chi connectivity index (χ4v) is 2.08. The van der Waals surface area contributed by atoms with Gasteiger partial charge in [0.1, 0.15) is 0 Å². The van der Waals surface area contributed by atoms with Gasteiger partial charge in [-0.3, -0.25) is 0 Å². The van der Waals surface area contributed by atoms with Gasteiger partial charge in [0.25, 0.3) is 0 Å². The highest BCUT2D eigenvalue weighted by Crippen LogP contribution is 2.23. The first-order valence-electron chi connectivity index (χ1n) is 6.27. The number of carbonyl (C=O) groups excluding carboxylic acids is 1. The van der Waals surface area contributed by atoms with Gasteiger partial charge in [0.2, 0.25) is 0 Å². The zero-order valence-corrected chi connectivity index (χ0v) is 11.6. The molecule has 7 nitrogen and oxygen atoms in total. The first-order chi connectivity index (χ1) is 8.84. The summed E-state index contributed by atoms with van der Waals surface area (Å²) < 4.78 is 10.3. The second-order valence-electron chi connectivity index (χ2n) is 5.26. The molecule has 1 saturated heterocycles. The Morgan fingerprint density at radius 2 is 2.21 bits per heavy atom. The Labute approximate surface area is 112 Å². The minimum atomic E-state index is -1.12. The minimum absolute atomic E-state index is 0.0132. The molecule has 110 valence electrons. The fourth-order valence-electron chi connectivity index (χ4n) is 2.08. The van der Waals surface area contributed by atoms with Gasteiger partial charge in [-0.15, -0.1) is 0 Å². The van der Waals surface area contributed by atoms with Crippen molar-refractivity contribution in [1.29, 1.82) is 0 Å². The number of nitrogens with one attached hydrogen (secondary N) is 2. The number of hydrogen-bond donors (Lipinski definition) is 3. The van der Waals surface area contributed by atoms with Crippen molar-refractivity contribution in [3.8, 4) is 0 Å². The molecule has 0 radical (unpaired) electrons. The highest BCUT2D eigenvalue weighted by atomic mass is 16.5. The average molecular weight is 274 g/mol. The summed E-state index contributed by atoms with van der Waals surface area (Å²) in [4.78, 5) is 22.6. The normalized spacial score (nSPS) is 23.4. The first-order valence-corrected chi connectivity index (χ1v) is 6.27. The molecule has 2 atom stereocenters. The number of ether oxygens (including phenoxy) is 2. The molecule has 2 amide bonds. The molecule has 1 fully saturated rings. The highest BCUT2D eigenvalue weighted by Gasteiger charge is 2.30. The summed E-state index contributed by atoms with van der Waals surface area (Å²) in [6, 6.07) is -1.55. The molecule has 0 bridgehead atoms. The summed E-state index contributed by atoms with van der Waals surface area (Å²) in [7, 11) is 1.39. The third-order valence-electron chi connectivity index (χ3n) is 2.97. The lowest BCUT2D eigenvalue weighted by molar-refractivity contribution is -0.140. The number of amides is 2. The first kappa shape index (κ1) is 15.7. The monoisotopic (exact) mass is 274 g/mol. The van der Waals surface area contributed by atoms with Crippen LogP contribution in [-0.4, -0.2) is 55.1 Å².